The third kappa shape index (κ3) is 5.07. The number of amides is 2. The lowest BCUT2D eigenvalue weighted by atomic mass is 9.98. The van der Waals surface area contributed by atoms with Crippen LogP contribution in [0.3, 0.4) is 0 Å². The van der Waals surface area contributed by atoms with E-state index in [1.54, 1.807) is 0 Å². The van der Waals surface area contributed by atoms with Crippen LogP contribution in [-0.2, 0) is 14.3 Å². The molecule has 8 heteroatoms. The van der Waals surface area contributed by atoms with Crippen molar-refractivity contribution in [3.8, 4) is 22.3 Å². The lowest BCUT2D eigenvalue weighted by molar-refractivity contribution is -0.139. The fourth-order valence-corrected chi connectivity index (χ4v) is 6.08. The summed E-state index contributed by atoms with van der Waals surface area (Å²) in [5.41, 5.74) is 8.62. The molecule has 3 N–H and O–H groups in total. The molecule has 0 saturated carbocycles. The number of benzene rings is 4. The van der Waals surface area contributed by atoms with Gasteiger partial charge in [0.1, 0.15) is 19.3 Å². The number of rotatable bonds is 8. The van der Waals surface area contributed by atoms with Crippen LogP contribution in [0, 0.1) is 0 Å². The highest BCUT2D eigenvalue weighted by molar-refractivity contribution is 5.83. The molecule has 4 aromatic carbocycles. The highest BCUT2D eigenvalue weighted by atomic mass is 16.6. The van der Waals surface area contributed by atoms with Crippen LogP contribution in [0.4, 0.5) is 9.59 Å². The number of hydrogen-bond donors (Lipinski definition) is 3. The summed E-state index contributed by atoms with van der Waals surface area (Å²) in [4.78, 5) is 37.5. The lowest BCUT2D eigenvalue weighted by Gasteiger charge is -2.23. The Hall–Kier alpha value is -5.11. The number of carbonyl (C=O) groups is 3. The van der Waals surface area contributed by atoms with Gasteiger partial charge in [0.05, 0.1) is 6.04 Å². The minimum atomic E-state index is -1.43. The highest BCUT2D eigenvalue weighted by Gasteiger charge is 2.33. The second-order valence-electron chi connectivity index (χ2n) is 10.5. The van der Waals surface area contributed by atoms with Crippen LogP contribution in [0.1, 0.15) is 41.0 Å². The first-order chi connectivity index (χ1) is 20.4. The number of carbonyl (C=O) groups excluding carboxylic acids is 2. The molecule has 2 amide bonds. The van der Waals surface area contributed by atoms with E-state index < -0.39 is 30.2 Å². The Labute approximate surface area is 243 Å². The zero-order chi connectivity index (χ0) is 29.2. The molecule has 2 aliphatic rings. The SMILES string of the molecule is CC(NC(=O)OCC1c2ccccc2-c2ccccc21)C(NC(=O)OCC1c2ccccc2-c2ccccc21)C(=O)O. The van der Waals surface area contributed by atoms with Crippen molar-refractivity contribution in [2.75, 3.05) is 13.2 Å². The van der Waals surface area contributed by atoms with Gasteiger partial charge < -0.3 is 25.2 Å². The number of aliphatic carboxylic acids is 1. The van der Waals surface area contributed by atoms with Crippen LogP contribution in [-0.4, -0.2) is 48.6 Å². The van der Waals surface area contributed by atoms with Crippen molar-refractivity contribution in [2.24, 2.45) is 0 Å². The standard InChI is InChI=1S/C34H30N2O6/c1-20(35-33(39)41-18-29-25-14-6-2-10-21(25)22-11-3-7-15-26(22)29)31(32(37)38)36-34(40)42-19-30-27-16-8-4-12-23(27)24-13-5-9-17-28(24)30/h2-17,20,29-31H,18-19H2,1H3,(H,35,39)(H,36,40)(H,37,38). The Bertz CT molecular complexity index is 1580. The summed E-state index contributed by atoms with van der Waals surface area (Å²) in [6.45, 7) is 1.62. The molecule has 6 rings (SSSR count). The van der Waals surface area contributed by atoms with Crippen LogP contribution in [0.5, 0.6) is 0 Å². The zero-order valence-corrected chi connectivity index (χ0v) is 22.9. The summed E-state index contributed by atoms with van der Waals surface area (Å²) in [6.07, 6.45) is -1.66. The summed E-state index contributed by atoms with van der Waals surface area (Å²) < 4.78 is 11.0. The summed E-state index contributed by atoms with van der Waals surface area (Å²) in [7, 11) is 0. The molecular weight excluding hydrogens is 532 g/mol. The Kier molecular flexibility index (Phi) is 7.35. The van der Waals surface area contributed by atoms with E-state index in [-0.39, 0.29) is 25.0 Å². The predicted molar refractivity (Wildman–Crippen MR) is 157 cm³/mol. The predicted octanol–water partition coefficient (Wildman–Crippen LogP) is 5.91. The van der Waals surface area contributed by atoms with Gasteiger partial charge in [0.25, 0.3) is 0 Å². The summed E-state index contributed by atoms with van der Waals surface area (Å²) >= 11 is 0. The molecule has 42 heavy (non-hydrogen) atoms. The van der Waals surface area contributed by atoms with Gasteiger partial charge in [-0.1, -0.05) is 97.1 Å². The van der Waals surface area contributed by atoms with Crippen molar-refractivity contribution >= 4 is 18.2 Å². The summed E-state index contributed by atoms with van der Waals surface area (Å²) in [5, 5.41) is 14.7. The first-order valence-electron chi connectivity index (χ1n) is 13.9. The van der Waals surface area contributed by atoms with Crippen LogP contribution in [0.25, 0.3) is 22.3 Å². The van der Waals surface area contributed by atoms with Gasteiger partial charge in [0, 0.05) is 11.8 Å². The molecule has 0 fully saturated rings. The van der Waals surface area contributed by atoms with Gasteiger partial charge in [0.15, 0.2) is 0 Å². The van der Waals surface area contributed by atoms with Crippen molar-refractivity contribution in [3.05, 3.63) is 119 Å². The van der Waals surface area contributed by atoms with Crippen LogP contribution < -0.4 is 10.6 Å². The van der Waals surface area contributed by atoms with E-state index >= 15 is 0 Å². The molecule has 2 unspecified atom stereocenters. The molecule has 8 nitrogen and oxygen atoms in total. The number of hydrogen-bond acceptors (Lipinski definition) is 5. The molecule has 4 aromatic rings. The van der Waals surface area contributed by atoms with E-state index in [4.69, 9.17) is 9.47 Å². The number of ether oxygens (including phenoxy) is 2. The third-order valence-corrected chi connectivity index (χ3v) is 8.07. The van der Waals surface area contributed by atoms with Gasteiger partial charge in [-0.3, -0.25) is 0 Å². The van der Waals surface area contributed by atoms with Crippen molar-refractivity contribution in [1.82, 2.24) is 10.6 Å². The van der Waals surface area contributed by atoms with Gasteiger partial charge in [-0.25, -0.2) is 14.4 Å². The van der Waals surface area contributed by atoms with Crippen molar-refractivity contribution < 1.29 is 29.0 Å². The van der Waals surface area contributed by atoms with Gasteiger partial charge in [-0.15, -0.1) is 0 Å². The van der Waals surface area contributed by atoms with Crippen LogP contribution in [0.2, 0.25) is 0 Å². The molecule has 0 radical (unpaired) electrons. The quantitative estimate of drug-likeness (QED) is 0.246. The summed E-state index contributed by atoms with van der Waals surface area (Å²) in [6, 6.07) is 29.5. The monoisotopic (exact) mass is 562 g/mol. The largest absolute Gasteiger partial charge is 0.480 e. The van der Waals surface area contributed by atoms with Crippen LogP contribution in [0.15, 0.2) is 97.1 Å². The second-order valence-corrected chi connectivity index (χ2v) is 10.5. The smallest absolute Gasteiger partial charge is 0.407 e. The molecule has 212 valence electrons. The maximum absolute atomic E-state index is 12.7. The first-order valence-corrected chi connectivity index (χ1v) is 13.9. The first kappa shape index (κ1) is 27.1. The highest BCUT2D eigenvalue weighted by Crippen LogP contribution is 2.45. The van der Waals surface area contributed by atoms with E-state index in [1.807, 2.05) is 97.1 Å². The fourth-order valence-electron chi connectivity index (χ4n) is 6.08. The van der Waals surface area contributed by atoms with Gasteiger partial charge >= 0.3 is 18.2 Å². The third-order valence-electron chi connectivity index (χ3n) is 8.07. The van der Waals surface area contributed by atoms with Crippen molar-refractivity contribution in [1.29, 1.82) is 0 Å². The zero-order valence-electron chi connectivity index (χ0n) is 22.9. The van der Waals surface area contributed by atoms with Crippen LogP contribution >= 0.6 is 0 Å². The molecule has 0 spiro atoms. The van der Waals surface area contributed by atoms with Gasteiger partial charge in [-0.05, 0) is 51.4 Å². The van der Waals surface area contributed by atoms with E-state index in [2.05, 4.69) is 10.6 Å². The Balaban J connectivity index is 1.05. The average molecular weight is 563 g/mol. The number of carboxylic acids is 1. The molecule has 0 aliphatic heterocycles. The van der Waals surface area contributed by atoms with Crippen molar-refractivity contribution in [3.63, 3.8) is 0 Å². The molecular formula is C34H30N2O6. The lowest BCUT2D eigenvalue weighted by Crippen LogP contribution is -2.54. The minimum Gasteiger partial charge on any atom is -0.480 e. The Morgan fingerprint density at radius 2 is 0.952 bits per heavy atom. The fraction of sp³-hybridized carbons (Fsp3) is 0.206. The number of fused-ring (bicyclic) bond motifs is 6. The van der Waals surface area contributed by atoms with E-state index in [9.17, 15) is 19.5 Å². The summed E-state index contributed by atoms with van der Waals surface area (Å²) in [5.74, 6) is -1.61. The van der Waals surface area contributed by atoms with E-state index in [0.29, 0.717) is 0 Å². The Morgan fingerprint density at radius 1 is 0.619 bits per heavy atom. The van der Waals surface area contributed by atoms with Crippen molar-refractivity contribution in [2.45, 2.75) is 30.8 Å². The van der Waals surface area contributed by atoms with Gasteiger partial charge in [0.2, 0.25) is 0 Å². The Morgan fingerprint density at radius 3 is 1.31 bits per heavy atom. The maximum Gasteiger partial charge on any atom is 0.407 e. The van der Waals surface area contributed by atoms with E-state index in [1.165, 1.54) is 6.92 Å². The normalized spacial score (nSPS) is 14.5. The molecule has 0 aromatic heterocycles. The molecule has 2 aliphatic carbocycles. The average Bonchev–Trinajstić information content (AvgIpc) is 3.50. The number of carboxylic acid groups (broad SMARTS) is 1. The molecule has 0 saturated heterocycles. The topological polar surface area (TPSA) is 114 Å². The second kappa shape index (κ2) is 11.4. The van der Waals surface area contributed by atoms with Gasteiger partial charge in [-0.2, -0.15) is 0 Å². The van der Waals surface area contributed by atoms with E-state index in [0.717, 1.165) is 44.5 Å². The number of nitrogens with one attached hydrogen (secondary N) is 2. The molecule has 2 atom stereocenters. The maximum atomic E-state index is 12.7. The molecule has 0 bridgehead atoms. The molecule has 0 heterocycles. The minimum absolute atomic E-state index is 0.0421. The number of alkyl carbamates (subject to hydrolysis) is 2.